The van der Waals surface area contributed by atoms with Crippen molar-refractivity contribution in [3.8, 4) is 0 Å². The lowest BCUT2D eigenvalue weighted by atomic mass is 10.1. The van der Waals surface area contributed by atoms with Gasteiger partial charge in [-0.2, -0.15) is 0 Å². The van der Waals surface area contributed by atoms with E-state index < -0.39 is 10.0 Å². The van der Waals surface area contributed by atoms with Gasteiger partial charge in [0.1, 0.15) is 0 Å². The van der Waals surface area contributed by atoms with E-state index in [1.165, 1.54) is 18.3 Å². The van der Waals surface area contributed by atoms with Gasteiger partial charge in [0, 0.05) is 18.0 Å². The number of pyridine rings is 1. The van der Waals surface area contributed by atoms with Crippen LogP contribution in [0.1, 0.15) is 5.56 Å². The molecular formula is C22H17N3O2S. The van der Waals surface area contributed by atoms with Gasteiger partial charge in [-0.3, -0.25) is 14.7 Å². The number of benzene rings is 3. The Morgan fingerprint density at radius 1 is 0.857 bits per heavy atom. The number of aliphatic imine (C=N–C) groups is 1. The maximum Gasteiger partial charge on any atom is 0.261 e. The summed E-state index contributed by atoms with van der Waals surface area (Å²) in [7, 11) is -3.67. The van der Waals surface area contributed by atoms with Crippen molar-refractivity contribution in [1.29, 1.82) is 0 Å². The van der Waals surface area contributed by atoms with Gasteiger partial charge in [0.2, 0.25) is 0 Å². The largest absolute Gasteiger partial charge is 0.278 e. The molecular weight excluding hydrogens is 370 g/mol. The lowest BCUT2D eigenvalue weighted by molar-refractivity contribution is 0.601. The molecule has 0 spiro atoms. The second-order valence-electron chi connectivity index (χ2n) is 6.17. The molecule has 4 aromatic rings. The summed E-state index contributed by atoms with van der Waals surface area (Å²) in [6.07, 6.45) is 4.83. The first-order valence-corrected chi connectivity index (χ1v) is 10.1. The first kappa shape index (κ1) is 17.9. The minimum Gasteiger partial charge on any atom is -0.278 e. The Morgan fingerprint density at radius 2 is 1.64 bits per heavy atom. The highest BCUT2D eigenvalue weighted by Crippen LogP contribution is 2.21. The van der Waals surface area contributed by atoms with Crippen LogP contribution in [0.4, 0.5) is 11.4 Å². The van der Waals surface area contributed by atoms with Gasteiger partial charge in [0.15, 0.2) is 0 Å². The fraction of sp³-hybridized carbons (Fsp3) is 0. The average Bonchev–Trinajstić information content (AvgIpc) is 2.73. The molecule has 6 heteroatoms. The zero-order valence-electron chi connectivity index (χ0n) is 14.9. The third-order valence-electron chi connectivity index (χ3n) is 4.24. The van der Waals surface area contributed by atoms with E-state index in [1.807, 2.05) is 24.3 Å². The Balaban J connectivity index is 1.55. The molecule has 0 aliphatic rings. The topological polar surface area (TPSA) is 71.4 Å². The van der Waals surface area contributed by atoms with Gasteiger partial charge in [-0.15, -0.1) is 0 Å². The summed E-state index contributed by atoms with van der Waals surface area (Å²) in [5, 5.41) is 2.27. The van der Waals surface area contributed by atoms with Crippen LogP contribution in [0.3, 0.4) is 0 Å². The molecule has 0 aliphatic carbocycles. The number of nitrogens with one attached hydrogen (secondary N) is 1. The van der Waals surface area contributed by atoms with Crippen LogP contribution in [0.5, 0.6) is 0 Å². The van der Waals surface area contributed by atoms with Crippen molar-refractivity contribution >= 4 is 38.4 Å². The normalized spacial score (nSPS) is 11.7. The van der Waals surface area contributed by atoms with Gasteiger partial charge >= 0.3 is 0 Å². The molecule has 1 N–H and O–H groups in total. The summed E-state index contributed by atoms with van der Waals surface area (Å²) in [5.74, 6) is 0. The predicted octanol–water partition coefficient (Wildman–Crippen LogP) is 4.79. The molecule has 0 atom stereocenters. The zero-order valence-corrected chi connectivity index (χ0v) is 15.7. The first-order valence-electron chi connectivity index (χ1n) is 8.67. The van der Waals surface area contributed by atoms with Crippen LogP contribution in [0.15, 0.2) is 101 Å². The third kappa shape index (κ3) is 3.92. The quantitative estimate of drug-likeness (QED) is 0.501. The summed E-state index contributed by atoms with van der Waals surface area (Å²) in [6.45, 7) is 0. The van der Waals surface area contributed by atoms with Crippen molar-refractivity contribution in [2.75, 3.05) is 4.72 Å². The maximum atomic E-state index is 12.5. The molecule has 0 saturated heterocycles. The van der Waals surface area contributed by atoms with Crippen molar-refractivity contribution in [2.45, 2.75) is 4.90 Å². The highest BCUT2D eigenvalue weighted by molar-refractivity contribution is 7.92. The van der Waals surface area contributed by atoms with Crippen LogP contribution in [0, 0.1) is 0 Å². The highest BCUT2D eigenvalue weighted by atomic mass is 32.2. The fourth-order valence-electron chi connectivity index (χ4n) is 2.86. The second kappa shape index (κ2) is 7.62. The SMILES string of the molecule is O=S(=O)(Nc1cccnc1)c1ccc(N=Cc2cccc3ccccc23)cc1. The molecule has 28 heavy (non-hydrogen) atoms. The van der Waals surface area contributed by atoms with Gasteiger partial charge in [-0.25, -0.2) is 8.42 Å². The minimum absolute atomic E-state index is 0.167. The molecule has 0 amide bonds. The van der Waals surface area contributed by atoms with E-state index in [0.29, 0.717) is 11.4 Å². The molecule has 0 fully saturated rings. The Morgan fingerprint density at radius 3 is 2.43 bits per heavy atom. The van der Waals surface area contributed by atoms with Gasteiger partial charge < -0.3 is 0 Å². The van der Waals surface area contributed by atoms with E-state index in [1.54, 1.807) is 36.7 Å². The molecule has 138 valence electrons. The first-order chi connectivity index (χ1) is 13.6. The number of anilines is 1. The maximum absolute atomic E-state index is 12.5. The minimum atomic E-state index is -3.67. The molecule has 3 aromatic carbocycles. The highest BCUT2D eigenvalue weighted by Gasteiger charge is 2.13. The zero-order chi connectivity index (χ0) is 19.4. The summed E-state index contributed by atoms with van der Waals surface area (Å²) >= 11 is 0. The van der Waals surface area contributed by atoms with Crippen LogP contribution in [-0.4, -0.2) is 19.6 Å². The van der Waals surface area contributed by atoms with Crippen molar-refractivity contribution in [3.05, 3.63) is 96.8 Å². The van der Waals surface area contributed by atoms with E-state index in [-0.39, 0.29) is 4.90 Å². The van der Waals surface area contributed by atoms with Crippen molar-refractivity contribution in [1.82, 2.24) is 4.98 Å². The van der Waals surface area contributed by atoms with Gasteiger partial charge in [0.25, 0.3) is 10.0 Å². The second-order valence-corrected chi connectivity index (χ2v) is 7.85. The number of hydrogen-bond donors (Lipinski definition) is 1. The fourth-order valence-corrected chi connectivity index (χ4v) is 3.90. The van der Waals surface area contributed by atoms with Crippen LogP contribution in [0.2, 0.25) is 0 Å². The molecule has 0 unspecified atom stereocenters. The Labute approximate surface area is 163 Å². The molecule has 0 bridgehead atoms. The number of aromatic nitrogens is 1. The molecule has 1 heterocycles. The Kier molecular flexibility index (Phi) is 4.87. The number of sulfonamides is 1. The van der Waals surface area contributed by atoms with Crippen LogP contribution in [-0.2, 0) is 10.0 Å². The third-order valence-corrected chi connectivity index (χ3v) is 5.63. The Bertz CT molecular complexity index is 1230. The molecule has 0 radical (unpaired) electrons. The predicted molar refractivity (Wildman–Crippen MR) is 113 cm³/mol. The standard InChI is InChI=1S/C22H17N3O2S/c26-28(27,25-20-8-4-14-23-16-20)21-12-10-19(11-13-21)24-15-18-7-3-6-17-5-1-2-9-22(17)18/h1-16,25H. The molecule has 0 aliphatic heterocycles. The van der Waals surface area contributed by atoms with Gasteiger partial charge in [0.05, 0.1) is 22.5 Å². The molecule has 1 aromatic heterocycles. The number of fused-ring (bicyclic) bond motifs is 1. The van der Waals surface area contributed by atoms with Crippen molar-refractivity contribution in [2.24, 2.45) is 4.99 Å². The van der Waals surface area contributed by atoms with Gasteiger partial charge in [-0.1, -0.05) is 42.5 Å². The monoisotopic (exact) mass is 387 g/mol. The van der Waals surface area contributed by atoms with E-state index in [0.717, 1.165) is 16.3 Å². The Hall–Kier alpha value is -3.51. The number of nitrogens with zero attached hydrogens (tertiary/aromatic N) is 2. The van der Waals surface area contributed by atoms with Crippen molar-refractivity contribution < 1.29 is 8.42 Å². The number of hydrogen-bond acceptors (Lipinski definition) is 4. The summed E-state index contributed by atoms with van der Waals surface area (Å²) in [6, 6.07) is 23.9. The smallest absolute Gasteiger partial charge is 0.261 e. The lowest BCUT2D eigenvalue weighted by Crippen LogP contribution is -2.12. The lowest BCUT2D eigenvalue weighted by Gasteiger charge is -2.07. The molecule has 4 rings (SSSR count). The molecule has 5 nitrogen and oxygen atoms in total. The van der Waals surface area contributed by atoms with Crippen molar-refractivity contribution in [3.63, 3.8) is 0 Å². The van der Waals surface area contributed by atoms with E-state index in [9.17, 15) is 8.42 Å². The average molecular weight is 387 g/mol. The molecule has 0 saturated carbocycles. The van der Waals surface area contributed by atoms with Crippen LogP contribution >= 0.6 is 0 Å². The van der Waals surface area contributed by atoms with Crippen LogP contribution < -0.4 is 4.72 Å². The van der Waals surface area contributed by atoms with E-state index >= 15 is 0 Å². The number of rotatable bonds is 5. The van der Waals surface area contributed by atoms with E-state index in [4.69, 9.17) is 0 Å². The van der Waals surface area contributed by atoms with Crippen LogP contribution in [0.25, 0.3) is 10.8 Å². The summed E-state index contributed by atoms with van der Waals surface area (Å²) in [5.41, 5.74) is 2.10. The summed E-state index contributed by atoms with van der Waals surface area (Å²) < 4.78 is 27.4. The summed E-state index contributed by atoms with van der Waals surface area (Å²) in [4.78, 5) is 8.56. The van der Waals surface area contributed by atoms with Gasteiger partial charge in [-0.05, 0) is 47.2 Å². The van der Waals surface area contributed by atoms with E-state index in [2.05, 4.69) is 32.9 Å².